The normalized spacial score (nSPS) is 13.8. The van der Waals surface area contributed by atoms with E-state index in [9.17, 15) is 18.1 Å². The van der Waals surface area contributed by atoms with Gasteiger partial charge in [0.25, 0.3) is 0 Å². The number of aliphatic hydroxyl groups is 1. The maximum atomic E-state index is 11.5. The van der Waals surface area contributed by atoms with E-state index in [-0.39, 0.29) is 51.4 Å². The smallest absolute Gasteiger partial charge is 0.748 e. The van der Waals surface area contributed by atoms with Crippen LogP contribution < -0.4 is 51.4 Å². The second kappa shape index (κ2) is 22.7. The molecule has 0 aliphatic rings. The molecule has 0 aliphatic heterocycles. The molecule has 0 bridgehead atoms. The molecule has 0 aromatic heterocycles. The van der Waals surface area contributed by atoms with Crippen LogP contribution in [0, 0.1) is 0 Å². The van der Waals surface area contributed by atoms with Crippen LogP contribution in [0.25, 0.3) is 0 Å². The first kappa shape index (κ1) is 32.7. The quantitative estimate of drug-likeness (QED) is 0.162. The molecule has 6 heteroatoms. The van der Waals surface area contributed by atoms with E-state index in [1.807, 2.05) is 0 Å². The molecule has 1 N–H and O–H groups in total. The Kier molecular flexibility index (Phi) is 25.6. The van der Waals surface area contributed by atoms with Gasteiger partial charge in [-0.1, -0.05) is 110 Å². The molecule has 29 heavy (non-hydrogen) atoms. The molecule has 0 aromatic rings. The van der Waals surface area contributed by atoms with E-state index in [1.165, 1.54) is 64.2 Å². The van der Waals surface area contributed by atoms with Gasteiger partial charge in [0.05, 0.1) is 16.2 Å². The molecule has 2 atom stereocenters. The summed E-state index contributed by atoms with van der Waals surface area (Å²) in [5.74, 6) is 0. The van der Waals surface area contributed by atoms with E-state index in [1.54, 1.807) is 0 Å². The van der Waals surface area contributed by atoms with Gasteiger partial charge in [0.1, 0.15) is 0 Å². The molecular weight excluding hydrogens is 411 g/mol. The first-order chi connectivity index (χ1) is 13.4. The summed E-state index contributed by atoms with van der Waals surface area (Å²) in [4.78, 5) is 0. The third kappa shape index (κ3) is 22.5. The summed E-state index contributed by atoms with van der Waals surface area (Å²) in [5, 5.41) is 9.06. The van der Waals surface area contributed by atoms with Gasteiger partial charge in [-0.2, -0.15) is 0 Å². The average Bonchev–Trinajstić information content (AvgIpc) is 2.65. The van der Waals surface area contributed by atoms with Gasteiger partial charge >= 0.3 is 51.4 Å². The van der Waals surface area contributed by atoms with Gasteiger partial charge in [-0.25, -0.2) is 8.42 Å². The summed E-state index contributed by atoms with van der Waals surface area (Å²) >= 11 is 0. The fraction of sp³-hybridized carbons (Fsp3) is 1.00. The Morgan fingerprint density at radius 3 is 1.45 bits per heavy atom. The monoisotopic (exact) mass is 458 g/mol. The van der Waals surface area contributed by atoms with Crippen LogP contribution in [0.5, 0.6) is 0 Å². The zero-order chi connectivity index (χ0) is 21.1. The fourth-order valence-electron chi connectivity index (χ4n) is 3.79. The van der Waals surface area contributed by atoms with Crippen LogP contribution in [0.4, 0.5) is 0 Å². The molecule has 4 nitrogen and oxygen atoms in total. The maximum absolute atomic E-state index is 11.5. The van der Waals surface area contributed by atoms with Crippen LogP contribution in [-0.4, -0.2) is 29.4 Å². The molecule has 0 fully saturated rings. The van der Waals surface area contributed by atoms with Crippen molar-refractivity contribution in [1.29, 1.82) is 0 Å². The minimum atomic E-state index is -4.26. The zero-order valence-electron chi connectivity index (χ0n) is 19.7. The molecule has 0 aliphatic carbocycles. The van der Waals surface area contributed by atoms with E-state index in [0.717, 1.165) is 32.1 Å². The summed E-state index contributed by atoms with van der Waals surface area (Å²) in [7, 11) is -4.26. The van der Waals surface area contributed by atoms with Crippen molar-refractivity contribution < 1.29 is 69.5 Å². The molecule has 0 amide bonds. The van der Waals surface area contributed by atoms with Gasteiger partial charge in [0.2, 0.25) is 0 Å². The Morgan fingerprint density at radius 2 is 1.03 bits per heavy atom. The zero-order valence-corrected chi connectivity index (χ0v) is 23.6. The molecule has 0 saturated heterocycles. The topological polar surface area (TPSA) is 77.4 Å². The van der Waals surface area contributed by atoms with Crippen molar-refractivity contribution in [3.05, 3.63) is 0 Å². The summed E-state index contributed by atoms with van der Waals surface area (Å²) in [6, 6.07) is 0. The van der Waals surface area contributed by atoms with E-state index in [2.05, 4.69) is 13.8 Å². The second-order valence-electron chi connectivity index (χ2n) is 8.52. The molecule has 170 valence electrons. The van der Waals surface area contributed by atoms with Crippen molar-refractivity contribution in [2.75, 3.05) is 0 Å². The Labute approximate surface area is 224 Å². The number of rotatable bonds is 21. The van der Waals surface area contributed by atoms with E-state index < -0.39 is 21.5 Å². The molecule has 0 rings (SSSR count). The van der Waals surface area contributed by atoms with Gasteiger partial charge in [0, 0.05) is 5.25 Å². The van der Waals surface area contributed by atoms with Gasteiger partial charge in [-0.3, -0.25) is 0 Å². The van der Waals surface area contributed by atoms with Gasteiger partial charge in [-0.15, -0.1) is 0 Å². The summed E-state index contributed by atoms with van der Waals surface area (Å²) < 4.78 is 34.4. The number of unbranched alkanes of at least 4 members (excludes halogenated alkanes) is 13. The Hall–Kier alpha value is 1.51. The third-order valence-electron chi connectivity index (χ3n) is 5.75. The summed E-state index contributed by atoms with van der Waals surface area (Å²) in [6.45, 7) is 4.31. The van der Waals surface area contributed by atoms with E-state index in [0.29, 0.717) is 25.7 Å². The molecular formula is C23H47KO4S. The minimum absolute atomic E-state index is 0. The Bertz CT molecular complexity index is 429. The largest absolute Gasteiger partial charge is 1.00 e. The average molecular weight is 459 g/mol. The molecule has 0 saturated carbocycles. The molecule has 2 unspecified atom stereocenters. The van der Waals surface area contributed by atoms with Crippen LogP contribution in [0.3, 0.4) is 0 Å². The van der Waals surface area contributed by atoms with Gasteiger partial charge in [-0.05, 0) is 25.7 Å². The van der Waals surface area contributed by atoms with Gasteiger partial charge in [0.15, 0.2) is 0 Å². The van der Waals surface area contributed by atoms with Crippen molar-refractivity contribution in [2.24, 2.45) is 0 Å². The number of hydrogen-bond acceptors (Lipinski definition) is 4. The van der Waals surface area contributed by atoms with Crippen LogP contribution in [0.15, 0.2) is 0 Å². The Balaban J connectivity index is 0. The SMILES string of the molecule is CCCCCCCCCCCCCCCC(CCC(O)CCCC)S(=O)(=O)[O-].[K+]. The third-order valence-corrected chi connectivity index (χ3v) is 7.04. The van der Waals surface area contributed by atoms with Crippen molar-refractivity contribution >= 4 is 10.1 Å². The minimum Gasteiger partial charge on any atom is -0.748 e. The van der Waals surface area contributed by atoms with Crippen LogP contribution in [-0.2, 0) is 10.1 Å². The van der Waals surface area contributed by atoms with Crippen LogP contribution >= 0.6 is 0 Å². The molecule has 0 aromatic carbocycles. The predicted molar refractivity (Wildman–Crippen MR) is 119 cm³/mol. The number of aliphatic hydroxyl groups excluding tert-OH is 1. The summed E-state index contributed by atoms with van der Waals surface area (Å²) in [6.07, 6.45) is 19.6. The van der Waals surface area contributed by atoms with Crippen molar-refractivity contribution in [1.82, 2.24) is 0 Å². The van der Waals surface area contributed by atoms with Crippen molar-refractivity contribution in [3.63, 3.8) is 0 Å². The molecule has 0 radical (unpaired) electrons. The van der Waals surface area contributed by atoms with Crippen molar-refractivity contribution in [2.45, 2.75) is 147 Å². The first-order valence-electron chi connectivity index (χ1n) is 12.0. The maximum Gasteiger partial charge on any atom is 1.00 e. The number of hydrogen-bond donors (Lipinski definition) is 1. The molecule has 0 heterocycles. The second-order valence-corrected chi connectivity index (χ2v) is 10.2. The van der Waals surface area contributed by atoms with Crippen LogP contribution in [0.1, 0.15) is 136 Å². The molecule has 0 spiro atoms. The fourth-order valence-corrected chi connectivity index (χ4v) is 4.67. The van der Waals surface area contributed by atoms with Crippen LogP contribution in [0.2, 0.25) is 0 Å². The predicted octanol–water partition coefficient (Wildman–Crippen LogP) is 3.72. The van der Waals surface area contributed by atoms with Gasteiger partial charge < -0.3 is 9.66 Å². The first-order valence-corrected chi connectivity index (χ1v) is 13.5. The standard InChI is InChI=1S/C23H48O4S.K/c1-3-5-7-8-9-10-11-12-13-14-15-16-17-19-23(28(25,26)27)21-20-22(24)18-6-4-2;/h22-24H,3-21H2,1-2H3,(H,25,26,27);/q;+1/p-1. The van der Waals surface area contributed by atoms with E-state index >= 15 is 0 Å². The summed E-state index contributed by atoms with van der Waals surface area (Å²) in [5.41, 5.74) is 0. The van der Waals surface area contributed by atoms with E-state index in [4.69, 9.17) is 0 Å². The Morgan fingerprint density at radius 1 is 0.621 bits per heavy atom. The van der Waals surface area contributed by atoms with Crippen molar-refractivity contribution in [3.8, 4) is 0 Å².